The lowest BCUT2D eigenvalue weighted by atomic mass is 10.7. The summed E-state index contributed by atoms with van der Waals surface area (Å²) in [6, 6.07) is 0. The topological polar surface area (TPSA) is 27.0 Å². The van der Waals surface area contributed by atoms with Crippen molar-refractivity contribution in [2.75, 3.05) is 0 Å². The highest BCUT2D eigenvalue weighted by Gasteiger charge is 1.99. The number of hydrogen-bond donors (Lipinski definition) is 0. The van der Waals surface area contributed by atoms with Crippen molar-refractivity contribution in [1.82, 2.24) is 4.98 Å². The Balaban J connectivity index is 3.13. The highest BCUT2D eigenvalue weighted by atomic mass is 79.9. The maximum absolute atomic E-state index is 5.53. The lowest BCUT2D eigenvalue weighted by Gasteiger charge is -1.79. The number of hydrogen-bond acceptors (Lipinski definition) is 1. The van der Waals surface area contributed by atoms with Crippen molar-refractivity contribution in [3.05, 3.63) is 22.1 Å². The first kappa shape index (κ1) is 5.98. The second-order valence-electron chi connectivity index (χ2n) is 1.21. The summed E-state index contributed by atoms with van der Waals surface area (Å²) in [6.45, 7) is 0. The normalized spacial score (nSPS) is 9.25. The third-order valence-corrected chi connectivity index (χ3v) is 1.79. The molecule has 1 aromatic heterocycles. The molecule has 0 spiro atoms. The van der Waals surface area contributed by atoms with E-state index in [-0.39, 0.29) is 0 Å². The minimum Gasteiger partial charge on any atom is -0.249 e. The monoisotopic (exact) mass is 193 g/mol. The minimum atomic E-state index is 0.476. The number of aromatic amines is 1. The SMILES string of the molecule is Clc1nc[nH+]cc1Br. The zero-order chi connectivity index (χ0) is 5.98. The van der Waals surface area contributed by atoms with Crippen LogP contribution in [0.4, 0.5) is 0 Å². The molecule has 0 saturated heterocycles. The molecule has 0 unspecified atom stereocenters. The Labute approximate surface area is 60.0 Å². The maximum Gasteiger partial charge on any atom is 0.285 e. The van der Waals surface area contributed by atoms with Crippen LogP contribution in [0.25, 0.3) is 0 Å². The third-order valence-electron chi connectivity index (χ3n) is 0.660. The van der Waals surface area contributed by atoms with E-state index in [0.29, 0.717) is 5.15 Å². The average Bonchev–Trinajstić information content (AvgIpc) is 1.77. The molecule has 0 aliphatic heterocycles. The summed E-state index contributed by atoms with van der Waals surface area (Å²) in [7, 11) is 0. The van der Waals surface area contributed by atoms with Crippen molar-refractivity contribution in [3.8, 4) is 0 Å². The van der Waals surface area contributed by atoms with Gasteiger partial charge in [-0.05, 0) is 32.5 Å². The van der Waals surface area contributed by atoms with Crippen molar-refractivity contribution in [2.45, 2.75) is 0 Å². The zero-order valence-electron chi connectivity index (χ0n) is 3.86. The van der Waals surface area contributed by atoms with Crippen molar-refractivity contribution in [3.63, 3.8) is 0 Å². The summed E-state index contributed by atoms with van der Waals surface area (Å²) >= 11 is 8.70. The Bertz CT molecular complexity index is 170. The van der Waals surface area contributed by atoms with Crippen molar-refractivity contribution in [2.24, 2.45) is 0 Å². The fraction of sp³-hybridized carbons (Fsp3) is 0. The molecule has 2 nitrogen and oxygen atoms in total. The Morgan fingerprint density at radius 3 is 2.88 bits per heavy atom. The van der Waals surface area contributed by atoms with E-state index in [1.165, 1.54) is 6.33 Å². The molecular weight excluding hydrogens is 191 g/mol. The van der Waals surface area contributed by atoms with E-state index in [2.05, 4.69) is 25.9 Å². The summed E-state index contributed by atoms with van der Waals surface area (Å²) in [5.74, 6) is 0. The molecule has 1 N–H and O–H groups in total. The molecule has 0 radical (unpaired) electrons. The first-order valence-electron chi connectivity index (χ1n) is 1.98. The molecule has 8 heavy (non-hydrogen) atoms. The highest BCUT2D eigenvalue weighted by molar-refractivity contribution is 9.10. The van der Waals surface area contributed by atoms with Crippen LogP contribution in [0.1, 0.15) is 0 Å². The van der Waals surface area contributed by atoms with Gasteiger partial charge in [0.15, 0.2) is 0 Å². The maximum atomic E-state index is 5.53. The Morgan fingerprint density at radius 1 is 1.75 bits per heavy atom. The van der Waals surface area contributed by atoms with Crippen LogP contribution < -0.4 is 4.98 Å². The molecule has 4 heteroatoms. The number of rotatable bonds is 0. The van der Waals surface area contributed by atoms with Gasteiger partial charge in [-0.3, -0.25) is 0 Å². The van der Waals surface area contributed by atoms with Crippen LogP contribution in [0, 0.1) is 0 Å². The standard InChI is InChI=1S/C4H2BrClN2/c5-3-1-7-2-8-4(3)6/h1-2H/p+1. The summed E-state index contributed by atoms with van der Waals surface area (Å²) in [5, 5.41) is 0.476. The van der Waals surface area contributed by atoms with E-state index < -0.39 is 0 Å². The van der Waals surface area contributed by atoms with Gasteiger partial charge < -0.3 is 0 Å². The Morgan fingerprint density at radius 2 is 2.50 bits per heavy atom. The van der Waals surface area contributed by atoms with Gasteiger partial charge in [0.1, 0.15) is 10.7 Å². The lowest BCUT2D eigenvalue weighted by Crippen LogP contribution is -2.00. The Kier molecular flexibility index (Phi) is 1.81. The van der Waals surface area contributed by atoms with Gasteiger partial charge in [0.05, 0.1) is 0 Å². The van der Waals surface area contributed by atoms with E-state index >= 15 is 0 Å². The molecule has 0 aromatic carbocycles. The van der Waals surface area contributed by atoms with Gasteiger partial charge in [-0.2, -0.15) is 0 Å². The number of aromatic nitrogens is 2. The summed E-state index contributed by atoms with van der Waals surface area (Å²) in [6.07, 6.45) is 3.24. The van der Waals surface area contributed by atoms with Gasteiger partial charge in [0.25, 0.3) is 11.5 Å². The van der Waals surface area contributed by atoms with E-state index in [0.717, 1.165) is 4.47 Å². The predicted octanol–water partition coefficient (Wildman–Crippen LogP) is 1.31. The molecule has 0 atom stereocenters. The summed E-state index contributed by atoms with van der Waals surface area (Å²) in [4.78, 5) is 6.50. The predicted molar refractivity (Wildman–Crippen MR) is 33.5 cm³/mol. The second-order valence-corrected chi connectivity index (χ2v) is 2.42. The van der Waals surface area contributed by atoms with E-state index in [4.69, 9.17) is 11.6 Å². The van der Waals surface area contributed by atoms with E-state index in [1.807, 2.05) is 0 Å². The molecule has 1 heterocycles. The van der Waals surface area contributed by atoms with E-state index in [1.54, 1.807) is 6.20 Å². The molecular formula is C4H3BrClN2+. The molecule has 0 amide bonds. The first-order chi connectivity index (χ1) is 3.80. The van der Waals surface area contributed by atoms with Gasteiger partial charge in [-0.25, -0.2) is 4.98 Å². The largest absolute Gasteiger partial charge is 0.285 e. The molecule has 0 aliphatic carbocycles. The van der Waals surface area contributed by atoms with Gasteiger partial charge in [0.2, 0.25) is 0 Å². The highest BCUT2D eigenvalue weighted by Crippen LogP contribution is 2.14. The van der Waals surface area contributed by atoms with Crippen LogP contribution in [0.2, 0.25) is 5.15 Å². The van der Waals surface area contributed by atoms with Crippen molar-refractivity contribution in [1.29, 1.82) is 0 Å². The van der Waals surface area contributed by atoms with Crippen LogP contribution in [0.5, 0.6) is 0 Å². The quantitative estimate of drug-likeness (QED) is 0.572. The van der Waals surface area contributed by atoms with Gasteiger partial charge in [-0.15, -0.1) is 0 Å². The van der Waals surface area contributed by atoms with Gasteiger partial charge >= 0.3 is 0 Å². The molecule has 1 aromatic rings. The molecule has 0 fully saturated rings. The fourth-order valence-electron chi connectivity index (χ4n) is 0.326. The fourth-order valence-corrected chi connectivity index (χ4v) is 0.663. The van der Waals surface area contributed by atoms with Gasteiger partial charge in [-0.1, -0.05) is 0 Å². The van der Waals surface area contributed by atoms with Crippen LogP contribution in [0.3, 0.4) is 0 Å². The number of halogens is 2. The molecule has 0 bridgehead atoms. The number of nitrogens with zero attached hydrogens (tertiary/aromatic N) is 1. The molecule has 0 aliphatic rings. The lowest BCUT2D eigenvalue weighted by molar-refractivity contribution is -0.383. The summed E-state index contributed by atoms with van der Waals surface area (Å²) < 4.78 is 0.779. The minimum absolute atomic E-state index is 0.476. The van der Waals surface area contributed by atoms with Crippen LogP contribution >= 0.6 is 27.5 Å². The van der Waals surface area contributed by atoms with Crippen molar-refractivity contribution >= 4 is 27.5 Å². The number of nitrogens with one attached hydrogen (secondary N) is 1. The zero-order valence-corrected chi connectivity index (χ0v) is 6.20. The number of H-pyrrole nitrogens is 1. The average molecular weight is 194 g/mol. The first-order valence-corrected chi connectivity index (χ1v) is 3.15. The molecule has 0 saturated carbocycles. The smallest absolute Gasteiger partial charge is 0.249 e. The van der Waals surface area contributed by atoms with E-state index in [9.17, 15) is 0 Å². The van der Waals surface area contributed by atoms with Crippen LogP contribution in [0.15, 0.2) is 17.0 Å². The Hall–Kier alpha value is -0.150. The third kappa shape index (κ3) is 1.17. The van der Waals surface area contributed by atoms with Crippen molar-refractivity contribution < 1.29 is 4.98 Å². The second kappa shape index (κ2) is 2.42. The van der Waals surface area contributed by atoms with Crippen LogP contribution in [-0.2, 0) is 0 Å². The molecule has 1 rings (SSSR count). The van der Waals surface area contributed by atoms with Crippen LogP contribution in [-0.4, -0.2) is 4.98 Å². The summed E-state index contributed by atoms with van der Waals surface area (Å²) in [5.41, 5.74) is 0. The molecule has 42 valence electrons. The van der Waals surface area contributed by atoms with Gasteiger partial charge in [0, 0.05) is 0 Å².